The van der Waals surface area contributed by atoms with Gasteiger partial charge in [0.15, 0.2) is 10.8 Å². The lowest BCUT2D eigenvalue weighted by molar-refractivity contribution is -0.0130. The van der Waals surface area contributed by atoms with Gasteiger partial charge in [-0.05, 0) is 50.2 Å². The highest BCUT2D eigenvalue weighted by Gasteiger charge is 2.49. The van der Waals surface area contributed by atoms with E-state index in [0.717, 1.165) is 29.7 Å². The Kier molecular flexibility index (Phi) is 3.88. The van der Waals surface area contributed by atoms with E-state index >= 15 is 0 Å². The minimum atomic E-state index is -0.598. The summed E-state index contributed by atoms with van der Waals surface area (Å²) in [5.41, 5.74) is 2.66. The molecule has 136 valence electrons. The van der Waals surface area contributed by atoms with Crippen LogP contribution in [0, 0.1) is 6.92 Å². The molecule has 0 unspecified atom stereocenters. The molecule has 0 bridgehead atoms. The Bertz CT molecular complexity index is 866. The van der Waals surface area contributed by atoms with E-state index in [9.17, 15) is 5.11 Å². The molecule has 5 heteroatoms. The van der Waals surface area contributed by atoms with E-state index in [2.05, 4.69) is 48.7 Å². The van der Waals surface area contributed by atoms with Crippen molar-refractivity contribution in [1.82, 2.24) is 10.6 Å². The number of benzene rings is 2. The standard InChI is InChI=1S/C21H24N2O2S/c1-13-9-15(24)10-17-18(13)16(14-7-5-4-6-8-14)11-21(25-17)12-20(2,3)22-19(26)23-21/h4-10,16,24H,11-12H2,1-3H3,(H2,22,23,26)/t16-,21-/m1/s1. The van der Waals surface area contributed by atoms with E-state index < -0.39 is 5.72 Å². The van der Waals surface area contributed by atoms with Crippen LogP contribution in [0.3, 0.4) is 0 Å². The summed E-state index contributed by atoms with van der Waals surface area (Å²) in [7, 11) is 0. The zero-order valence-electron chi connectivity index (χ0n) is 15.3. The number of phenolic OH excluding ortho intramolecular Hbond substituents is 1. The lowest BCUT2D eigenvalue weighted by atomic mass is 9.76. The van der Waals surface area contributed by atoms with Crippen molar-refractivity contribution in [3.05, 3.63) is 59.2 Å². The minimum absolute atomic E-state index is 0.171. The first kappa shape index (κ1) is 17.2. The van der Waals surface area contributed by atoms with Gasteiger partial charge in [-0.1, -0.05) is 30.3 Å². The van der Waals surface area contributed by atoms with Crippen molar-refractivity contribution < 1.29 is 9.84 Å². The largest absolute Gasteiger partial charge is 0.508 e. The van der Waals surface area contributed by atoms with Gasteiger partial charge in [-0.25, -0.2) is 0 Å². The molecule has 2 aromatic rings. The molecule has 0 amide bonds. The number of aryl methyl sites for hydroxylation is 1. The summed E-state index contributed by atoms with van der Waals surface area (Å²) in [6.07, 6.45) is 1.54. The first-order valence-electron chi connectivity index (χ1n) is 8.95. The molecule has 4 rings (SSSR count). The van der Waals surface area contributed by atoms with E-state index in [1.807, 2.05) is 13.0 Å². The van der Waals surface area contributed by atoms with Crippen molar-refractivity contribution in [2.45, 2.75) is 50.8 Å². The number of fused-ring (bicyclic) bond motifs is 1. The third-order valence-corrected chi connectivity index (χ3v) is 5.45. The van der Waals surface area contributed by atoms with Crippen molar-refractivity contribution in [3.63, 3.8) is 0 Å². The number of hydrogen-bond acceptors (Lipinski definition) is 3. The predicted molar refractivity (Wildman–Crippen MR) is 107 cm³/mol. The number of rotatable bonds is 1. The van der Waals surface area contributed by atoms with Crippen molar-refractivity contribution in [1.29, 1.82) is 0 Å². The van der Waals surface area contributed by atoms with Crippen molar-refractivity contribution >= 4 is 17.3 Å². The summed E-state index contributed by atoms with van der Waals surface area (Å²) < 4.78 is 6.48. The zero-order valence-corrected chi connectivity index (χ0v) is 16.1. The van der Waals surface area contributed by atoms with Crippen molar-refractivity contribution in [3.8, 4) is 11.5 Å². The fraction of sp³-hybridized carbons (Fsp3) is 0.381. The fourth-order valence-electron chi connectivity index (χ4n) is 4.47. The lowest BCUT2D eigenvalue weighted by Crippen LogP contribution is -2.69. The molecule has 1 spiro atoms. The first-order valence-corrected chi connectivity index (χ1v) is 9.36. The van der Waals surface area contributed by atoms with E-state index in [1.54, 1.807) is 12.1 Å². The quantitative estimate of drug-likeness (QED) is 0.665. The van der Waals surface area contributed by atoms with Gasteiger partial charge in [0.2, 0.25) is 0 Å². The third kappa shape index (κ3) is 3.01. The van der Waals surface area contributed by atoms with Crippen LogP contribution >= 0.6 is 12.2 Å². The molecular formula is C21H24N2O2S. The first-order chi connectivity index (χ1) is 12.3. The number of thiocarbonyl (C=S) groups is 1. The highest BCUT2D eigenvalue weighted by Crippen LogP contribution is 2.48. The van der Waals surface area contributed by atoms with Crippen molar-refractivity contribution in [2.24, 2.45) is 0 Å². The Morgan fingerprint density at radius 3 is 2.58 bits per heavy atom. The lowest BCUT2D eigenvalue weighted by Gasteiger charge is -2.50. The van der Waals surface area contributed by atoms with Crippen LogP contribution in [-0.2, 0) is 0 Å². The number of aromatic hydroxyl groups is 1. The molecule has 2 atom stereocenters. The summed E-state index contributed by atoms with van der Waals surface area (Å²) in [5, 5.41) is 17.4. The molecule has 26 heavy (non-hydrogen) atoms. The molecule has 0 radical (unpaired) electrons. The number of ether oxygens (including phenoxy) is 1. The molecule has 3 N–H and O–H groups in total. The van der Waals surface area contributed by atoms with Crippen molar-refractivity contribution in [2.75, 3.05) is 0 Å². The molecular weight excluding hydrogens is 344 g/mol. The SMILES string of the molecule is Cc1cc(O)cc2c1[C@@H](c1ccccc1)C[C@]1(CC(C)(C)NC(=S)N1)O2. The fourth-order valence-corrected chi connectivity index (χ4v) is 4.93. The Morgan fingerprint density at radius 1 is 1.15 bits per heavy atom. The number of phenols is 1. The zero-order chi connectivity index (χ0) is 18.5. The van der Waals surface area contributed by atoms with E-state index in [0.29, 0.717) is 5.11 Å². The van der Waals surface area contributed by atoms with Crippen LogP contribution in [0.5, 0.6) is 11.5 Å². The molecule has 0 saturated carbocycles. The third-order valence-electron chi connectivity index (χ3n) is 5.24. The van der Waals surface area contributed by atoms with E-state index in [1.165, 1.54) is 5.56 Å². The molecule has 2 aliphatic rings. The van der Waals surface area contributed by atoms with Gasteiger partial charge in [0.1, 0.15) is 11.5 Å². The van der Waals surface area contributed by atoms with Gasteiger partial charge in [0.05, 0.1) is 0 Å². The highest BCUT2D eigenvalue weighted by atomic mass is 32.1. The van der Waals surface area contributed by atoms with Crippen LogP contribution in [-0.4, -0.2) is 21.5 Å². The van der Waals surface area contributed by atoms with Crippen LogP contribution in [0.15, 0.2) is 42.5 Å². The van der Waals surface area contributed by atoms with E-state index in [4.69, 9.17) is 17.0 Å². The Hall–Kier alpha value is -2.27. The molecule has 0 aliphatic carbocycles. The normalized spacial score (nSPS) is 26.4. The summed E-state index contributed by atoms with van der Waals surface area (Å²) >= 11 is 5.46. The summed E-state index contributed by atoms with van der Waals surface area (Å²) in [5.74, 6) is 1.13. The number of nitrogens with one attached hydrogen (secondary N) is 2. The summed E-state index contributed by atoms with van der Waals surface area (Å²) in [6.45, 7) is 6.29. The van der Waals surface area contributed by atoms with Crippen LogP contribution in [0.2, 0.25) is 0 Å². The van der Waals surface area contributed by atoms with Crippen LogP contribution in [0.25, 0.3) is 0 Å². The number of hydrogen-bond donors (Lipinski definition) is 3. The Labute approximate surface area is 159 Å². The molecule has 2 heterocycles. The summed E-state index contributed by atoms with van der Waals surface area (Å²) in [6, 6.07) is 14.0. The van der Waals surface area contributed by atoms with Gasteiger partial charge in [0, 0.05) is 35.9 Å². The second-order valence-electron chi connectivity index (χ2n) is 8.08. The minimum Gasteiger partial charge on any atom is -0.508 e. The van der Waals surface area contributed by atoms with E-state index in [-0.39, 0.29) is 17.2 Å². The van der Waals surface area contributed by atoms with Gasteiger partial charge in [-0.15, -0.1) is 0 Å². The maximum Gasteiger partial charge on any atom is 0.185 e. The highest BCUT2D eigenvalue weighted by molar-refractivity contribution is 7.80. The maximum absolute atomic E-state index is 10.1. The predicted octanol–water partition coefficient (Wildman–Crippen LogP) is 3.96. The smallest absolute Gasteiger partial charge is 0.185 e. The van der Waals surface area contributed by atoms with Crippen LogP contribution in [0.4, 0.5) is 0 Å². The van der Waals surface area contributed by atoms with Gasteiger partial charge < -0.3 is 20.5 Å². The monoisotopic (exact) mass is 368 g/mol. The topological polar surface area (TPSA) is 53.5 Å². The van der Waals surface area contributed by atoms with Gasteiger partial charge >= 0.3 is 0 Å². The van der Waals surface area contributed by atoms with Crippen LogP contribution in [0.1, 0.15) is 49.3 Å². The second kappa shape index (κ2) is 5.88. The van der Waals surface area contributed by atoms with Gasteiger partial charge in [-0.3, -0.25) is 0 Å². The van der Waals surface area contributed by atoms with Gasteiger partial charge in [0.25, 0.3) is 0 Å². The van der Waals surface area contributed by atoms with Gasteiger partial charge in [-0.2, -0.15) is 0 Å². The summed E-state index contributed by atoms with van der Waals surface area (Å²) in [4.78, 5) is 0. The molecule has 1 fully saturated rings. The van der Waals surface area contributed by atoms with Crippen LogP contribution < -0.4 is 15.4 Å². The second-order valence-corrected chi connectivity index (χ2v) is 8.49. The molecule has 1 saturated heterocycles. The molecule has 4 nitrogen and oxygen atoms in total. The maximum atomic E-state index is 10.1. The Morgan fingerprint density at radius 2 is 1.88 bits per heavy atom. The molecule has 0 aromatic heterocycles. The average Bonchev–Trinajstić information content (AvgIpc) is 2.51. The Balaban J connectivity index is 1.86. The molecule has 2 aliphatic heterocycles. The average molecular weight is 369 g/mol. The molecule has 2 aromatic carbocycles.